The van der Waals surface area contributed by atoms with Crippen LogP contribution in [0.15, 0.2) is 84.1 Å². The molecule has 1 fully saturated rings. The quantitative estimate of drug-likeness (QED) is 0.166. The van der Waals surface area contributed by atoms with E-state index in [0.717, 1.165) is 54.0 Å². The number of anilines is 2. The number of hydrogen-bond donors (Lipinski definition) is 1. The number of halogens is 2. The molecule has 5 rings (SSSR count). The molecule has 0 saturated carbocycles. The summed E-state index contributed by atoms with van der Waals surface area (Å²) < 4.78 is 0. The minimum Gasteiger partial charge on any atom is -0.368 e. The van der Waals surface area contributed by atoms with Crippen LogP contribution in [0.4, 0.5) is 11.5 Å². The van der Waals surface area contributed by atoms with Crippen LogP contribution in [-0.4, -0.2) is 47.0 Å². The molecule has 0 bridgehead atoms. The third-order valence-electron chi connectivity index (χ3n) is 6.15. The van der Waals surface area contributed by atoms with Crippen molar-refractivity contribution in [2.24, 2.45) is 0 Å². The van der Waals surface area contributed by atoms with Crippen molar-refractivity contribution in [3.63, 3.8) is 0 Å². The van der Waals surface area contributed by atoms with E-state index in [1.54, 1.807) is 12.3 Å². The minimum absolute atomic E-state index is 0.138. The molecule has 2 aromatic carbocycles. The van der Waals surface area contributed by atoms with Gasteiger partial charge in [0.2, 0.25) is 0 Å². The lowest BCUT2D eigenvalue weighted by molar-refractivity contribution is 0.0950. The van der Waals surface area contributed by atoms with Gasteiger partial charge in [-0.1, -0.05) is 59.2 Å². The van der Waals surface area contributed by atoms with Gasteiger partial charge in [0.25, 0.3) is 5.91 Å². The fraction of sp³-hybridized carbons (Fsp3) is 0.214. The number of carbonyl (C=O) groups is 1. The van der Waals surface area contributed by atoms with Crippen LogP contribution in [0.5, 0.6) is 0 Å². The Kier molecular flexibility index (Phi) is 8.63. The number of benzene rings is 2. The van der Waals surface area contributed by atoms with Gasteiger partial charge >= 0.3 is 0 Å². The Morgan fingerprint density at radius 1 is 0.895 bits per heavy atom. The van der Waals surface area contributed by atoms with Gasteiger partial charge in [-0.3, -0.25) is 9.78 Å². The number of nitrogens with zero attached hydrogens (tertiary/aromatic N) is 5. The van der Waals surface area contributed by atoms with Crippen LogP contribution in [0.1, 0.15) is 21.6 Å². The summed E-state index contributed by atoms with van der Waals surface area (Å²) in [6.07, 6.45) is 1.71. The molecule has 4 aromatic rings. The molecule has 2 aromatic heterocycles. The number of piperazine rings is 1. The topological polar surface area (TPSA) is 74.2 Å². The molecular formula is C28H26Cl2N6OS. The lowest BCUT2D eigenvalue weighted by Crippen LogP contribution is -2.46. The first-order valence-electron chi connectivity index (χ1n) is 12.2. The Labute approximate surface area is 236 Å². The van der Waals surface area contributed by atoms with Crippen molar-refractivity contribution in [2.75, 3.05) is 36.0 Å². The normalized spacial score (nSPS) is 13.4. The average Bonchev–Trinajstić information content (AvgIpc) is 2.95. The van der Waals surface area contributed by atoms with Gasteiger partial charge in [-0.15, -0.1) is 0 Å². The number of rotatable bonds is 8. The number of nitrogens with one attached hydrogen (secondary N) is 1. The summed E-state index contributed by atoms with van der Waals surface area (Å²) >= 11 is 14.0. The summed E-state index contributed by atoms with van der Waals surface area (Å²) in [5.74, 6) is 1.30. The van der Waals surface area contributed by atoms with Gasteiger partial charge in [0, 0.05) is 60.5 Å². The second-order valence-electron chi connectivity index (χ2n) is 8.78. The number of pyridine rings is 1. The van der Waals surface area contributed by atoms with E-state index in [9.17, 15) is 4.79 Å². The van der Waals surface area contributed by atoms with Gasteiger partial charge in [-0.2, -0.15) is 0 Å². The number of hydrogen-bond acceptors (Lipinski definition) is 7. The van der Waals surface area contributed by atoms with Gasteiger partial charge in [0.15, 0.2) is 5.16 Å². The second kappa shape index (κ2) is 12.5. The van der Waals surface area contributed by atoms with Gasteiger partial charge in [0.05, 0.1) is 12.2 Å². The molecule has 7 nitrogen and oxygen atoms in total. The lowest BCUT2D eigenvalue weighted by Gasteiger charge is -2.36. The van der Waals surface area contributed by atoms with Gasteiger partial charge in [-0.25, -0.2) is 9.97 Å². The highest BCUT2D eigenvalue weighted by Gasteiger charge is 2.20. The maximum Gasteiger partial charge on any atom is 0.251 e. The molecular weight excluding hydrogens is 539 g/mol. The molecule has 1 amide bonds. The largest absolute Gasteiger partial charge is 0.368 e. The predicted octanol–water partition coefficient (Wildman–Crippen LogP) is 5.73. The number of thioether (sulfide) groups is 1. The molecule has 0 unspecified atom stereocenters. The highest BCUT2D eigenvalue weighted by Crippen LogP contribution is 2.27. The van der Waals surface area contributed by atoms with E-state index in [-0.39, 0.29) is 5.91 Å². The fourth-order valence-corrected chi connectivity index (χ4v) is 5.41. The SMILES string of the molecule is O=C(NCc1ccccn1)c1cccc(CSc2nc(Cl)cc(N3CCN(c4cccc(Cl)c4)CC3)n2)c1. The van der Waals surface area contributed by atoms with E-state index < -0.39 is 0 Å². The van der Waals surface area contributed by atoms with E-state index in [2.05, 4.69) is 31.2 Å². The summed E-state index contributed by atoms with van der Waals surface area (Å²) in [7, 11) is 0. The first-order valence-corrected chi connectivity index (χ1v) is 14.0. The maximum atomic E-state index is 12.6. The predicted molar refractivity (Wildman–Crippen MR) is 154 cm³/mol. The summed E-state index contributed by atoms with van der Waals surface area (Å²) in [6.45, 7) is 3.74. The Morgan fingerprint density at radius 3 is 2.50 bits per heavy atom. The van der Waals surface area contributed by atoms with Crippen LogP contribution in [0, 0.1) is 0 Å². The van der Waals surface area contributed by atoms with Crippen LogP contribution in [0.2, 0.25) is 10.2 Å². The fourth-order valence-electron chi connectivity index (χ4n) is 4.20. The molecule has 0 aliphatic carbocycles. The highest BCUT2D eigenvalue weighted by molar-refractivity contribution is 7.98. The molecule has 0 spiro atoms. The van der Waals surface area contributed by atoms with Crippen molar-refractivity contribution in [2.45, 2.75) is 17.5 Å². The van der Waals surface area contributed by atoms with Crippen LogP contribution >= 0.6 is 35.0 Å². The smallest absolute Gasteiger partial charge is 0.251 e. The third kappa shape index (κ3) is 6.95. The van der Waals surface area contributed by atoms with E-state index in [0.29, 0.717) is 28.2 Å². The Morgan fingerprint density at radius 2 is 1.71 bits per heavy atom. The molecule has 1 aliphatic rings. The van der Waals surface area contributed by atoms with Crippen LogP contribution < -0.4 is 15.1 Å². The second-order valence-corrected chi connectivity index (χ2v) is 10.5. The Balaban J connectivity index is 1.18. The zero-order chi connectivity index (χ0) is 26.3. The van der Waals surface area contributed by atoms with Gasteiger partial charge < -0.3 is 15.1 Å². The number of amides is 1. The van der Waals surface area contributed by atoms with Crippen LogP contribution in [-0.2, 0) is 12.3 Å². The van der Waals surface area contributed by atoms with Crippen LogP contribution in [0.3, 0.4) is 0 Å². The monoisotopic (exact) mass is 564 g/mol. The summed E-state index contributed by atoms with van der Waals surface area (Å²) in [5.41, 5.74) is 3.54. The molecule has 194 valence electrons. The molecule has 0 radical (unpaired) electrons. The van der Waals surface area contributed by atoms with Gasteiger partial charge in [-0.05, 0) is 48.0 Å². The van der Waals surface area contributed by atoms with Crippen molar-refractivity contribution in [3.8, 4) is 0 Å². The Bertz CT molecular complexity index is 1400. The molecule has 10 heteroatoms. The molecule has 38 heavy (non-hydrogen) atoms. The summed E-state index contributed by atoms with van der Waals surface area (Å²) in [6, 6.07) is 22.9. The maximum absolute atomic E-state index is 12.6. The average molecular weight is 566 g/mol. The van der Waals surface area contributed by atoms with Gasteiger partial charge in [0.1, 0.15) is 11.0 Å². The van der Waals surface area contributed by atoms with E-state index in [4.69, 9.17) is 28.2 Å². The lowest BCUT2D eigenvalue weighted by atomic mass is 10.1. The standard InChI is InChI=1S/C28H26Cl2N6OS/c29-22-7-4-9-24(16-22)35-11-13-36(14-12-35)26-17-25(30)33-28(34-26)38-19-20-5-3-6-21(15-20)27(37)32-18-23-8-1-2-10-31-23/h1-10,15-17H,11-14,18-19H2,(H,32,37). The summed E-state index contributed by atoms with van der Waals surface area (Å²) in [5, 5.41) is 4.68. The van der Waals surface area contributed by atoms with E-state index in [1.807, 2.05) is 60.7 Å². The van der Waals surface area contributed by atoms with Crippen molar-refractivity contribution in [1.82, 2.24) is 20.3 Å². The highest BCUT2D eigenvalue weighted by atomic mass is 35.5. The minimum atomic E-state index is -0.138. The molecule has 0 atom stereocenters. The van der Waals surface area contributed by atoms with Crippen molar-refractivity contribution >= 4 is 52.4 Å². The molecule has 1 aliphatic heterocycles. The molecule has 1 N–H and O–H groups in total. The zero-order valence-corrected chi connectivity index (χ0v) is 22.9. The number of aromatic nitrogens is 3. The molecule has 3 heterocycles. The summed E-state index contributed by atoms with van der Waals surface area (Å²) in [4.78, 5) is 30.6. The van der Waals surface area contributed by atoms with E-state index in [1.165, 1.54) is 11.8 Å². The van der Waals surface area contributed by atoms with E-state index >= 15 is 0 Å². The first kappa shape index (κ1) is 26.3. The van der Waals surface area contributed by atoms with Crippen molar-refractivity contribution < 1.29 is 4.79 Å². The van der Waals surface area contributed by atoms with Crippen molar-refractivity contribution in [1.29, 1.82) is 0 Å². The van der Waals surface area contributed by atoms with Crippen molar-refractivity contribution in [3.05, 3.63) is 106 Å². The first-order chi connectivity index (χ1) is 18.5. The number of carbonyl (C=O) groups excluding carboxylic acids is 1. The third-order valence-corrected chi connectivity index (χ3v) is 7.50. The molecule has 1 saturated heterocycles. The zero-order valence-electron chi connectivity index (χ0n) is 20.6. The van der Waals surface area contributed by atoms with Crippen LogP contribution in [0.25, 0.3) is 0 Å². The Hall–Kier alpha value is -3.33.